The molecule has 0 aliphatic carbocycles. The molecule has 5 unspecified atom stereocenters. The smallest absolute Gasteiger partial charge is 0.134 e. The number of epoxide rings is 2. The summed E-state index contributed by atoms with van der Waals surface area (Å²) in [5.41, 5.74) is 4.00. The minimum Gasteiger partial charge on any atom is -0.491 e. The first-order valence-corrected chi connectivity index (χ1v) is 17.6. The fraction of sp³-hybridized carbons (Fsp3) is 0.429. The predicted octanol–water partition coefficient (Wildman–Crippen LogP) is 7.97. The van der Waals surface area contributed by atoms with Gasteiger partial charge in [-0.15, -0.1) is 0 Å². The molecule has 2 aliphatic rings. The zero-order chi connectivity index (χ0) is 34.3. The van der Waals surface area contributed by atoms with Gasteiger partial charge in [-0.1, -0.05) is 62.4 Å². The van der Waals surface area contributed by atoms with E-state index in [2.05, 4.69) is 69.3 Å². The topological polar surface area (TPSA) is 82.2 Å². The van der Waals surface area contributed by atoms with Crippen LogP contribution in [0.2, 0.25) is 0 Å². The minimum atomic E-state index is -0.672. The molecule has 260 valence electrons. The maximum absolute atomic E-state index is 10.9. The Kier molecular flexibility index (Phi) is 11.1. The molecule has 0 bridgehead atoms. The van der Waals surface area contributed by atoms with Gasteiger partial charge in [0.05, 0.1) is 19.3 Å². The second kappa shape index (κ2) is 15.7. The Morgan fingerprint density at radius 1 is 0.633 bits per heavy atom. The highest BCUT2D eigenvalue weighted by atomic mass is 16.6. The van der Waals surface area contributed by atoms with E-state index in [9.17, 15) is 5.11 Å². The van der Waals surface area contributed by atoms with Crippen molar-refractivity contribution >= 4 is 0 Å². The lowest BCUT2D eigenvalue weighted by molar-refractivity contribution is 0.00434. The van der Waals surface area contributed by atoms with Gasteiger partial charge in [0, 0.05) is 6.42 Å². The summed E-state index contributed by atoms with van der Waals surface area (Å²) in [6, 6.07) is 32.8. The van der Waals surface area contributed by atoms with E-state index in [0.717, 1.165) is 61.9 Å². The van der Waals surface area contributed by atoms with E-state index < -0.39 is 11.7 Å². The number of rotatable bonds is 19. The molecule has 0 saturated carbocycles. The minimum absolute atomic E-state index is 0.182. The van der Waals surface area contributed by atoms with Crippen LogP contribution in [0.15, 0.2) is 97.1 Å². The molecule has 6 rings (SSSR count). The third-order valence-corrected chi connectivity index (χ3v) is 9.64. The van der Waals surface area contributed by atoms with Crippen molar-refractivity contribution in [1.82, 2.24) is 0 Å². The Morgan fingerprint density at radius 2 is 1.08 bits per heavy atom. The first-order valence-electron chi connectivity index (χ1n) is 17.6. The Hall–Kier alpha value is -4.04. The lowest BCUT2D eigenvalue weighted by Gasteiger charge is -2.31. The molecule has 1 N–H and O–H groups in total. The highest BCUT2D eigenvalue weighted by Crippen LogP contribution is 2.33. The van der Waals surface area contributed by atoms with Crippen LogP contribution in [0.1, 0.15) is 69.2 Å². The van der Waals surface area contributed by atoms with E-state index in [1.165, 1.54) is 22.3 Å². The van der Waals surface area contributed by atoms with Crippen LogP contribution in [0.5, 0.6) is 23.0 Å². The highest BCUT2D eigenvalue weighted by molar-refractivity contribution is 5.36. The van der Waals surface area contributed by atoms with E-state index in [4.69, 9.17) is 28.4 Å². The van der Waals surface area contributed by atoms with Gasteiger partial charge in [-0.25, -0.2) is 0 Å². The van der Waals surface area contributed by atoms with Crippen LogP contribution in [0, 0.1) is 0 Å². The average Bonchev–Trinajstić information content (AvgIpc) is 4.04. The van der Waals surface area contributed by atoms with E-state index in [1.54, 1.807) is 0 Å². The van der Waals surface area contributed by atoms with Gasteiger partial charge < -0.3 is 33.5 Å². The lowest BCUT2D eigenvalue weighted by atomic mass is 9.95. The van der Waals surface area contributed by atoms with Gasteiger partial charge in [0.2, 0.25) is 0 Å². The second-order valence-corrected chi connectivity index (χ2v) is 13.9. The molecule has 2 heterocycles. The molecule has 4 aromatic carbocycles. The average molecular weight is 667 g/mol. The third kappa shape index (κ3) is 10.2. The van der Waals surface area contributed by atoms with Crippen molar-refractivity contribution in [2.45, 2.75) is 89.3 Å². The molecular weight excluding hydrogens is 616 g/mol. The second-order valence-electron chi connectivity index (χ2n) is 13.9. The molecule has 4 aromatic rings. The Bertz CT molecular complexity index is 1600. The van der Waals surface area contributed by atoms with Gasteiger partial charge >= 0.3 is 0 Å². The molecule has 2 saturated heterocycles. The molecule has 2 fully saturated rings. The molecule has 7 nitrogen and oxygen atoms in total. The quantitative estimate of drug-likeness (QED) is 0.102. The largest absolute Gasteiger partial charge is 0.491 e. The van der Waals surface area contributed by atoms with Gasteiger partial charge in [0.15, 0.2) is 0 Å². The molecule has 49 heavy (non-hydrogen) atoms. The summed E-state index contributed by atoms with van der Waals surface area (Å²) in [5, 5.41) is 10.9. The molecular formula is C42H50O7. The van der Waals surface area contributed by atoms with E-state index in [-0.39, 0.29) is 24.4 Å². The zero-order valence-corrected chi connectivity index (χ0v) is 29.2. The van der Waals surface area contributed by atoms with Crippen molar-refractivity contribution in [2.75, 3.05) is 26.4 Å². The first-order chi connectivity index (χ1) is 23.7. The fourth-order valence-electron chi connectivity index (χ4n) is 5.91. The van der Waals surface area contributed by atoms with Crippen LogP contribution in [-0.2, 0) is 22.3 Å². The van der Waals surface area contributed by atoms with Crippen molar-refractivity contribution in [3.8, 4) is 23.0 Å². The number of ether oxygens (including phenoxy) is 6. The van der Waals surface area contributed by atoms with Crippen LogP contribution in [0.25, 0.3) is 0 Å². The zero-order valence-electron chi connectivity index (χ0n) is 29.2. The van der Waals surface area contributed by atoms with Gasteiger partial charge in [0.25, 0.3) is 0 Å². The summed E-state index contributed by atoms with van der Waals surface area (Å²) in [4.78, 5) is 0. The molecule has 7 heteroatoms. The van der Waals surface area contributed by atoms with Crippen LogP contribution in [0.3, 0.4) is 0 Å². The Labute approximate surface area is 291 Å². The Morgan fingerprint density at radius 3 is 1.51 bits per heavy atom. The van der Waals surface area contributed by atoms with Crippen LogP contribution in [-0.4, -0.2) is 61.0 Å². The molecule has 2 aliphatic heterocycles. The van der Waals surface area contributed by atoms with E-state index >= 15 is 0 Å². The maximum atomic E-state index is 10.9. The summed E-state index contributed by atoms with van der Waals surface area (Å²) < 4.78 is 35.1. The van der Waals surface area contributed by atoms with Crippen LogP contribution < -0.4 is 18.9 Å². The number of benzene rings is 4. The molecule has 5 atom stereocenters. The van der Waals surface area contributed by atoms with Gasteiger partial charge in [-0.3, -0.25) is 0 Å². The first kappa shape index (κ1) is 34.8. The number of aliphatic hydroxyl groups is 1. The highest BCUT2D eigenvalue weighted by Gasteiger charge is 2.44. The van der Waals surface area contributed by atoms with Crippen molar-refractivity contribution in [1.29, 1.82) is 0 Å². The summed E-state index contributed by atoms with van der Waals surface area (Å²) in [6.45, 7) is 10.7. The molecule has 0 radical (unpaired) electrons. The lowest BCUT2D eigenvalue weighted by Crippen LogP contribution is -2.37. The summed E-state index contributed by atoms with van der Waals surface area (Å²) >= 11 is 0. The number of hydrogen-bond acceptors (Lipinski definition) is 7. The SMILES string of the molecule is CCC(C)(CC(O)COc1ccc(Cc2ccc(OC(C)(CC)C3CO3)cc2)cc1)Oc1ccc(Cc2ccc(OCC3CO3)cc2)cc1. The monoisotopic (exact) mass is 666 g/mol. The fourth-order valence-corrected chi connectivity index (χ4v) is 5.91. The van der Waals surface area contributed by atoms with E-state index in [0.29, 0.717) is 13.0 Å². The van der Waals surface area contributed by atoms with E-state index in [1.807, 2.05) is 55.5 Å². The molecule has 0 spiro atoms. The van der Waals surface area contributed by atoms with Crippen LogP contribution in [0.4, 0.5) is 0 Å². The predicted molar refractivity (Wildman–Crippen MR) is 191 cm³/mol. The normalized spacial score (nSPS) is 19.6. The van der Waals surface area contributed by atoms with Gasteiger partial charge in [-0.05, 0) is 110 Å². The number of hydrogen-bond donors (Lipinski definition) is 1. The van der Waals surface area contributed by atoms with Crippen molar-refractivity contribution in [2.24, 2.45) is 0 Å². The molecule has 0 aromatic heterocycles. The van der Waals surface area contributed by atoms with Gasteiger partial charge in [-0.2, -0.15) is 0 Å². The van der Waals surface area contributed by atoms with Crippen LogP contribution >= 0.6 is 0 Å². The maximum Gasteiger partial charge on any atom is 0.134 e. The van der Waals surface area contributed by atoms with Crippen molar-refractivity contribution in [3.05, 3.63) is 119 Å². The summed E-state index contributed by atoms with van der Waals surface area (Å²) in [6.07, 6.45) is 3.51. The third-order valence-electron chi connectivity index (χ3n) is 9.64. The number of aliphatic hydroxyl groups excluding tert-OH is 1. The Balaban J connectivity index is 0.931. The van der Waals surface area contributed by atoms with Gasteiger partial charge in [0.1, 0.15) is 59.6 Å². The molecule has 0 amide bonds. The summed E-state index contributed by atoms with van der Waals surface area (Å²) in [5.74, 6) is 3.26. The standard InChI is InChI=1S/C42H50O7/c1-5-41(3,48-37-19-11-32(12-20-37)23-31-9-17-36(18-10-31)45-27-39-28-46-39)25-34(43)26-44-35-15-7-30(8-16-35)24-33-13-21-38(22-14-33)49-42(4,6-2)40-29-47-40/h7-22,34,39-40,43H,5-6,23-29H2,1-4H3. The summed E-state index contributed by atoms with van der Waals surface area (Å²) in [7, 11) is 0. The van der Waals surface area contributed by atoms with Crippen molar-refractivity contribution in [3.63, 3.8) is 0 Å². The van der Waals surface area contributed by atoms with Crippen molar-refractivity contribution < 1.29 is 33.5 Å².